The highest BCUT2D eigenvalue weighted by Gasteiger charge is 2.17. The van der Waals surface area contributed by atoms with E-state index in [2.05, 4.69) is 10.3 Å². The molecule has 0 aliphatic rings. The van der Waals surface area contributed by atoms with Crippen LogP contribution in [0.2, 0.25) is 0 Å². The van der Waals surface area contributed by atoms with Gasteiger partial charge in [-0.05, 0) is 42.0 Å². The van der Waals surface area contributed by atoms with Gasteiger partial charge in [-0.3, -0.25) is 24.3 Å². The molecule has 1 heterocycles. The molecule has 0 spiro atoms. The average molecular weight is 495 g/mol. The number of nitrogens with two attached hydrogens (primary N) is 1. The molecule has 0 unspecified atom stereocenters. The SMILES string of the molecule is COC(=O)N(Cc1ccc(C(=O)Nc2ccccc2N)cc1)c1cccnc1.O=C(O)CCC(=O)O. The van der Waals surface area contributed by atoms with Gasteiger partial charge in [0.15, 0.2) is 0 Å². The van der Waals surface area contributed by atoms with Crippen molar-refractivity contribution in [3.63, 3.8) is 0 Å². The largest absolute Gasteiger partial charge is 0.481 e. The van der Waals surface area contributed by atoms with Crippen LogP contribution in [-0.2, 0) is 20.9 Å². The summed E-state index contributed by atoms with van der Waals surface area (Å²) in [5.41, 5.74) is 8.85. The number of nitrogen functional groups attached to an aromatic ring is 1. The lowest BCUT2D eigenvalue weighted by atomic mass is 10.1. The second-order valence-electron chi connectivity index (χ2n) is 7.29. The minimum atomic E-state index is -1.08. The van der Waals surface area contributed by atoms with Gasteiger partial charge in [0.25, 0.3) is 5.91 Å². The minimum Gasteiger partial charge on any atom is -0.481 e. The summed E-state index contributed by atoms with van der Waals surface area (Å²) in [5.74, 6) is -2.42. The van der Waals surface area contributed by atoms with Gasteiger partial charge in [-0.1, -0.05) is 24.3 Å². The Hall–Kier alpha value is -4.93. The van der Waals surface area contributed by atoms with Gasteiger partial charge in [0, 0.05) is 11.8 Å². The summed E-state index contributed by atoms with van der Waals surface area (Å²) in [6.45, 7) is 0.284. The van der Waals surface area contributed by atoms with E-state index in [9.17, 15) is 19.2 Å². The van der Waals surface area contributed by atoms with Crippen molar-refractivity contribution in [2.45, 2.75) is 19.4 Å². The van der Waals surface area contributed by atoms with E-state index in [1.165, 1.54) is 12.0 Å². The smallest absolute Gasteiger partial charge is 0.414 e. The van der Waals surface area contributed by atoms with Gasteiger partial charge >= 0.3 is 18.0 Å². The summed E-state index contributed by atoms with van der Waals surface area (Å²) in [6.07, 6.45) is 2.13. The van der Waals surface area contributed by atoms with E-state index in [1.807, 2.05) is 0 Å². The van der Waals surface area contributed by atoms with Crippen molar-refractivity contribution in [2.24, 2.45) is 0 Å². The number of hydrogen-bond acceptors (Lipinski definition) is 7. The number of benzene rings is 2. The van der Waals surface area contributed by atoms with E-state index in [1.54, 1.807) is 73.1 Å². The molecule has 0 saturated heterocycles. The number of carboxylic acids is 2. The Morgan fingerprint density at radius 2 is 1.58 bits per heavy atom. The molecule has 2 aromatic carbocycles. The maximum atomic E-state index is 12.4. The van der Waals surface area contributed by atoms with Crippen molar-refractivity contribution in [1.29, 1.82) is 0 Å². The van der Waals surface area contributed by atoms with Crippen LogP contribution in [0.25, 0.3) is 0 Å². The Balaban J connectivity index is 0.000000493. The molecule has 0 aliphatic carbocycles. The maximum absolute atomic E-state index is 12.4. The number of aliphatic carboxylic acids is 2. The number of carboxylic acid groups (broad SMARTS) is 2. The highest BCUT2D eigenvalue weighted by atomic mass is 16.5. The third kappa shape index (κ3) is 8.78. The van der Waals surface area contributed by atoms with Crippen molar-refractivity contribution < 1.29 is 34.1 Å². The van der Waals surface area contributed by atoms with Crippen LogP contribution in [0.5, 0.6) is 0 Å². The van der Waals surface area contributed by atoms with Crippen LogP contribution in [0.1, 0.15) is 28.8 Å². The fourth-order valence-electron chi connectivity index (χ4n) is 2.85. The fourth-order valence-corrected chi connectivity index (χ4v) is 2.85. The van der Waals surface area contributed by atoms with E-state index < -0.39 is 18.0 Å². The molecule has 11 nitrogen and oxygen atoms in total. The number of pyridine rings is 1. The second-order valence-corrected chi connectivity index (χ2v) is 7.29. The number of ether oxygens (including phenoxy) is 1. The summed E-state index contributed by atoms with van der Waals surface area (Å²) in [7, 11) is 1.33. The molecule has 0 bridgehead atoms. The van der Waals surface area contributed by atoms with Crippen molar-refractivity contribution >= 4 is 41.0 Å². The number of nitrogens with one attached hydrogen (secondary N) is 1. The van der Waals surface area contributed by atoms with Crippen LogP contribution in [0.3, 0.4) is 0 Å². The van der Waals surface area contributed by atoms with Crippen LogP contribution in [-0.4, -0.2) is 46.2 Å². The minimum absolute atomic E-state index is 0.262. The molecule has 1 aromatic heterocycles. The topological polar surface area (TPSA) is 172 Å². The normalized spacial score (nSPS) is 9.81. The molecule has 2 amide bonds. The van der Waals surface area contributed by atoms with Crippen LogP contribution >= 0.6 is 0 Å². The van der Waals surface area contributed by atoms with Crippen molar-refractivity contribution in [3.05, 3.63) is 84.2 Å². The van der Waals surface area contributed by atoms with Crippen molar-refractivity contribution in [1.82, 2.24) is 4.98 Å². The van der Waals surface area contributed by atoms with E-state index in [-0.39, 0.29) is 25.3 Å². The predicted molar refractivity (Wildman–Crippen MR) is 133 cm³/mol. The molecule has 188 valence electrons. The van der Waals surface area contributed by atoms with Crippen molar-refractivity contribution in [2.75, 3.05) is 23.1 Å². The number of carbonyl (C=O) groups excluding carboxylic acids is 2. The number of amides is 2. The maximum Gasteiger partial charge on any atom is 0.414 e. The van der Waals surface area contributed by atoms with E-state index in [4.69, 9.17) is 20.7 Å². The van der Waals surface area contributed by atoms with Gasteiger partial charge < -0.3 is 26.0 Å². The van der Waals surface area contributed by atoms with E-state index >= 15 is 0 Å². The third-order valence-corrected chi connectivity index (χ3v) is 4.67. The van der Waals surface area contributed by atoms with Gasteiger partial charge in [-0.2, -0.15) is 0 Å². The Kier molecular flexibility index (Phi) is 10.4. The molecular formula is C25H26N4O7. The zero-order chi connectivity index (χ0) is 26.5. The molecule has 5 N–H and O–H groups in total. The third-order valence-electron chi connectivity index (χ3n) is 4.67. The van der Waals surface area contributed by atoms with Gasteiger partial charge in [0.2, 0.25) is 0 Å². The van der Waals surface area contributed by atoms with E-state index in [0.717, 1.165) is 5.56 Å². The van der Waals surface area contributed by atoms with Crippen LogP contribution in [0, 0.1) is 0 Å². The van der Waals surface area contributed by atoms with Gasteiger partial charge in [-0.25, -0.2) is 4.79 Å². The van der Waals surface area contributed by atoms with E-state index in [0.29, 0.717) is 22.6 Å². The number of para-hydroxylation sites is 2. The first-order chi connectivity index (χ1) is 17.2. The molecule has 0 aliphatic heterocycles. The molecule has 0 fully saturated rings. The van der Waals surface area contributed by atoms with Crippen molar-refractivity contribution in [3.8, 4) is 0 Å². The van der Waals surface area contributed by atoms with Crippen LogP contribution in [0.15, 0.2) is 73.1 Å². The molecule has 3 aromatic rings. The van der Waals surface area contributed by atoms with Gasteiger partial charge in [0.1, 0.15) is 0 Å². The number of rotatable bonds is 8. The highest BCUT2D eigenvalue weighted by molar-refractivity contribution is 6.05. The number of nitrogens with zero attached hydrogens (tertiary/aromatic N) is 2. The number of methoxy groups -OCH3 is 1. The Morgan fingerprint density at radius 3 is 2.11 bits per heavy atom. The first-order valence-corrected chi connectivity index (χ1v) is 10.6. The number of hydrogen-bond donors (Lipinski definition) is 4. The lowest BCUT2D eigenvalue weighted by molar-refractivity contribution is -0.143. The highest BCUT2D eigenvalue weighted by Crippen LogP contribution is 2.20. The zero-order valence-electron chi connectivity index (χ0n) is 19.5. The molecule has 0 radical (unpaired) electrons. The molecular weight excluding hydrogens is 468 g/mol. The Labute approximate surface area is 207 Å². The molecule has 0 atom stereocenters. The lowest BCUT2D eigenvalue weighted by Crippen LogP contribution is -2.30. The molecule has 0 saturated carbocycles. The zero-order valence-corrected chi connectivity index (χ0v) is 19.5. The Morgan fingerprint density at radius 1 is 0.944 bits per heavy atom. The van der Waals surface area contributed by atoms with Crippen LogP contribution in [0.4, 0.5) is 21.9 Å². The predicted octanol–water partition coefficient (Wildman–Crippen LogP) is 3.62. The quantitative estimate of drug-likeness (QED) is 0.341. The summed E-state index contributed by atoms with van der Waals surface area (Å²) >= 11 is 0. The Bertz CT molecular complexity index is 1170. The average Bonchev–Trinajstić information content (AvgIpc) is 2.88. The number of anilines is 3. The first kappa shape index (κ1) is 27.3. The summed E-state index contributed by atoms with van der Waals surface area (Å²) in [4.78, 5) is 49.3. The summed E-state index contributed by atoms with van der Waals surface area (Å²) in [6, 6.07) is 17.5. The second kappa shape index (κ2) is 13.7. The van der Waals surface area contributed by atoms with Gasteiger partial charge in [0.05, 0.1) is 49.8 Å². The molecule has 3 rings (SSSR count). The molecule has 11 heteroatoms. The summed E-state index contributed by atoms with van der Waals surface area (Å²) < 4.78 is 4.86. The van der Waals surface area contributed by atoms with Crippen LogP contribution < -0.4 is 16.0 Å². The first-order valence-electron chi connectivity index (χ1n) is 10.6. The summed E-state index contributed by atoms with van der Waals surface area (Å²) in [5, 5.41) is 18.6. The lowest BCUT2D eigenvalue weighted by Gasteiger charge is -2.21. The fraction of sp³-hybridized carbons (Fsp3) is 0.160. The number of aromatic nitrogens is 1. The van der Waals surface area contributed by atoms with Gasteiger partial charge in [-0.15, -0.1) is 0 Å². The standard InChI is InChI=1S/C21H20N4O3.C4H6O4/c1-28-21(27)25(17-5-4-12-23-13-17)14-15-8-10-16(11-9-15)20(26)24-19-7-3-2-6-18(19)22;5-3(6)1-2-4(7)8/h2-13H,14,22H2,1H3,(H,24,26);1-2H2,(H,5,6)(H,7,8). The molecule has 36 heavy (non-hydrogen) atoms. The monoisotopic (exact) mass is 494 g/mol. The number of carbonyl (C=O) groups is 4.